The number of anilines is 1. The second-order valence-corrected chi connectivity index (χ2v) is 5.48. The molecule has 1 aliphatic rings. The normalized spacial score (nSPS) is 16.0. The van der Waals surface area contributed by atoms with Crippen molar-refractivity contribution in [3.05, 3.63) is 54.1 Å². The van der Waals surface area contributed by atoms with Gasteiger partial charge in [-0.15, -0.1) is 0 Å². The molecule has 0 saturated heterocycles. The fraction of sp³-hybridized carbons (Fsp3) is 0.278. The molecule has 0 fully saturated rings. The first-order valence-corrected chi connectivity index (χ1v) is 7.69. The standard InChI is InChI=1S/C18H20N2O3/c1-22-15-8-10-16(11-9-15)23-18(21)19-12-14-7-6-13-4-2-3-5-17(13)20-14/h2-5,8-11,14,20H,6-7,12H2,1H3,(H,19,21). The number of hydrogen-bond donors (Lipinski definition) is 2. The SMILES string of the molecule is COc1ccc(OC(=O)NCC2CCc3ccccc3N2)cc1. The highest BCUT2D eigenvalue weighted by Gasteiger charge is 2.18. The molecule has 3 rings (SSSR count). The molecule has 2 aromatic carbocycles. The number of aryl methyl sites for hydroxylation is 1. The molecule has 1 unspecified atom stereocenters. The predicted molar refractivity (Wildman–Crippen MR) is 89.2 cm³/mol. The Kier molecular flexibility index (Phi) is 4.66. The van der Waals surface area contributed by atoms with Gasteiger partial charge < -0.3 is 20.1 Å². The van der Waals surface area contributed by atoms with Crippen molar-refractivity contribution in [1.29, 1.82) is 0 Å². The van der Waals surface area contributed by atoms with Gasteiger partial charge in [-0.25, -0.2) is 4.79 Å². The summed E-state index contributed by atoms with van der Waals surface area (Å²) >= 11 is 0. The fourth-order valence-corrected chi connectivity index (χ4v) is 2.65. The van der Waals surface area contributed by atoms with Gasteiger partial charge in [0, 0.05) is 18.3 Å². The summed E-state index contributed by atoms with van der Waals surface area (Å²) in [5.74, 6) is 1.22. The van der Waals surface area contributed by atoms with Gasteiger partial charge in [0.25, 0.3) is 0 Å². The molecule has 2 aromatic rings. The number of fused-ring (bicyclic) bond motifs is 1. The Morgan fingerprint density at radius 3 is 2.70 bits per heavy atom. The maximum atomic E-state index is 11.9. The molecule has 0 bridgehead atoms. The molecule has 1 heterocycles. The van der Waals surface area contributed by atoms with Crippen LogP contribution in [0.5, 0.6) is 11.5 Å². The Labute approximate surface area is 135 Å². The minimum Gasteiger partial charge on any atom is -0.497 e. The van der Waals surface area contributed by atoms with E-state index in [0.717, 1.165) is 24.3 Å². The summed E-state index contributed by atoms with van der Waals surface area (Å²) in [6.07, 6.45) is 1.55. The van der Waals surface area contributed by atoms with Crippen LogP contribution < -0.4 is 20.1 Å². The van der Waals surface area contributed by atoms with Crippen LogP contribution in [0.4, 0.5) is 10.5 Å². The van der Waals surface area contributed by atoms with Crippen LogP contribution in [-0.4, -0.2) is 25.8 Å². The Bertz CT molecular complexity index is 670. The topological polar surface area (TPSA) is 59.6 Å². The second kappa shape index (κ2) is 7.05. The van der Waals surface area contributed by atoms with Crippen LogP contribution in [0, 0.1) is 0 Å². The number of amides is 1. The molecule has 1 amide bonds. The van der Waals surface area contributed by atoms with E-state index in [4.69, 9.17) is 9.47 Å². The number of ether oxygens (including phenoxy) is 2. The lowest BCUT2D eigenvalue weighted by Gasteiger charge is -2.27. The van der Waals surface area contributed by atoms with E-state index in [-0.39, 0.29) is 6.04 Å². The number of carbonyl (C=O) groups is 1. The molecule has 120 valence electrons. The van der Waals surface area contributed by atoms with E-state index in [0.29, 0.717) is 12.3 Å². The average molecular weight is 312 g/mol. The quantitative estimate of drug-likeness (QED) is 0.910. The van der Waals surface area contributed by atoms with Gasteiger partial charge in [0.2, 0.25) is 0 Å². The molecule has 1 aliphatic heterocycles. The molecule has 1 atom stereocenters. The third kappa shape index (κ3) is 3.94. The van der Waals surface area contributed by atoms with Crippen LogP contribution in [0.1, 0.15) is 12.0 Å². The smallest absolute Gasteiger partial charge is 0.412 e. The largest absolute Gasteiger partial charge is 0.497 e. The van der Waals surface area contributed by atoms with E-state index in [1.165, 1.54) is 5.56 Å². The van der Waals surface area contributed by atoms with Crippen LogP contribution in [0.25, 0.3) is 0 Å². The molecule has 5 heteroatoms. The molecule has 0 aliphatic carbocycles. The molecular weight excluding hydrogens is 292 g/mol. The second-order valence-electron chi connectivity index (χ2n) is 5.48. The van der Waals surface area contributed by atoms with E-state index >= 15 is 0 Å². The van der Waals surface area contributed by atoms with E-state index in [9.17, 15) is 4.79 Å². The average Bonchev–Trinajstić information content (AvgIpc) is 2.60. The number of hydrogen-bond acceptors (Lipinski definition) is 4. The van der Waals surface area contributed by atoms with Crippen molar-refractivity contribution in [2.75, 3.05) is 19.0 Å². The molecule has 5 nitrogen and oxygen atoms in total. The van der Waals surface area contributed by atoms with Gasteiger partial charge in [-0.2, -0.15) is 0 Å². The van der Waals surface area contributed by atoms with E-state index < -0.39 is 6.09 Å². The maximum Gasteiger partial charge on any atom is 0.412 e. The van der Waals surface area contributed by atoms with E-state index in [2.05, 4.69) is 22.8 Å². The highest BCUT2D eigenvalue weighted by atomic mass is 16.6. The molecule has 23 heavy (non-hydrogen) atoms. The van der Waals surface area contributed by atoms with Crippen molar-refractivity contribution in [1.82, 2.24) is 5.32 Å². The zero-order valence-electron chi connectivity index (χ0n) is 13.0. The summed E-state index contributed by atoms with van der Waals surface area (Å²) in [5.41, 5.74) is 2.47. The van der Waals surface area contributed by atoms with Crippen molar-refractivity contribution in [3.8, 4) is 11.5 Å². The third-order valence-corrected chi connectivity index (χ3v) is 3.90. The maximum absolute atomic E-state index is 11.9. The highest BCUT2D eigenvalue weighted by Crippen LogP contribution is 2.24. The van der Waals surface area contributed by atoms with E-state index in [1.54, 1.807) is 31.4 Å². The zero-order valence-corrected chi connectivity index (χ0v) is 13.0. The van der Waals surface area contributed by atoms with Gasteiger partial charge in [0.15, 0.2) is 0 Å². The number of rotatable bonds is 4. The molecule has 0 aromatic heterocycles. The molecular formula is C18H20N2O3. The lowest BCUT2D eigenvalue weighted by molar-refractivity contribution is 0.199. The Hall–Kier alpha value is -2.69. The number of para-hydroxylation sites is 1. The fourth-order valence-electron chi connectivity index (χ4n) is 2.65. The first-order chi connectivity index (χ1) is 11.2. The third-order valence-electron chi connectivity index (χ3n) is 3.90. The van der Waals surface area contributed by atoms with Crippen LogP contribution >= 0.6 is 0 Å². The number of benzene rings is 2. The highest BCUT2D eigenvalue weighted by molar-refractivity contribution is 5.70. The van der Waals surface area contributed by atoms with Gasteiger partial charge in [-0.3, -0.25) is 0 Å². The summed E-state index contributed by atoms with van der Waals surface area (Å²) in [5, 5.41) is 6.25. The lowest BCUT2D eigenvalue weighted by Crippen LogP contribution is -2.39. The van der Waals surface area contributed by atoms with Crippen molar-refractivity contribution >= 4 is 11.8 Å². The summed E-state index contributed by atoms with van der Waals surface area (Å²) in [7, 11) is 1.60. The Morgan fingerprint density at radius 2 is 1.91 bits per heavy atom. The van der Waals surface area contributed by atoms with Crippen LogP contribution in [0.2, 0.25) is 0 Å². The number of nitrogens with one attached hydrogen (secondary N) is 2. The molecule has 0 saturated carbocycles. The lowest BCUT2D eigenvalue weighted by atomic mass is 9.98. The number of methoxy groups -OCH3 is 1. The molecule has 0 spiro atoms. The predicted octanol–water partition coefficient (Wildman–Crippen LogP) is 3.21. The van der Waals surface area contributed by atoms with Gasteiger partial charge in [0.05, 0.1) is 7.11 Å². The molecule has 0 radical (unpaired) electrons. The monoisotopic (exact) mass is 312 g/mol. The summed E-state index contributed by atoms with van der Waals surface area (Å²) < 4.78 is 10.3. The van der Waals surface area contributed by atoms with Gasteiger partial charge in [-0.05, 0) is 48.7 Å². The van der Waals surface area contributed by atoms with Gasteiger partial charge in [0.1, 0.15) is 11.5 Å². The van der Waals surface area contributed by atoms with E-state index in [1.807, 2.05) is 12.1 Å². The van der Waals surface area contributed by atoms with Crippen LogP contribution in [-0.2, 0) is 6.42 Å². The Morgan fingerprint density at radius 1 is 1.17 bits per heavy atom. The summed E-state index contributed by atoms with van der Waals surface area (Å²) in [6, 6.07) is 15.4. The van der Waals surface area contributed by atoms with Crippen LogP contribution in [0.3, 0.4) is 0 Å². The van der Waals surface area contributed by atoms with Gasteiger partial charge in [-0.1, -0.05) is 18.2 Å². The van der Waals surface area contributed by atoms with Crippen molar-refractivity contribution in [3.63, 3.8) is 0 Å². The van der Waals surface area contributed by atoms with Gasteiger partial charge >= 0.3 is 6.09 Å². The van der Waals surface area contributed by atoms with Crippen LogP contribution in [0.15, 0.2) is 48.5 Å². The van der Waals surface area contributed by atoms with Crippen molar-refractivity contribution in [2.24, 2.45) is 0 Å². The Balaban J connectivity index is 1.47. The molecule has 2 N–H and O–H groups in total. The van der Waals surface area contributed by atoms with Crippen molar-refractivity contribution in [2.45, 2.75) is 18.9 Å². The minimum atomic E-state index is -0.448. The first kappa shape index (κ1) is 15.2. The summed E-state index contributed by atoms with van der Waals surface area (Å²) in [6.45, 7) is 0.531. The minimum absolute atomic E-state index is 0.216. The van der Waals surface area contributed by atoms with Crippen molar-refractivity contribution < 1.29 is 14.3 Å². The summed E-state index contributed by atoms with van der Waals surface area (Å²) in [4.78, 5) is 11.9. The number of carbonyl (C=O) groups excluding carboxylic acids is 1. The zero-order chi connectivity index (χ0) is 16.1. The first-order valence-electron chi connectivity index (χ1n) is 7.69.